The Morgan fingerprint density at radius 1 is 1.12 bits per heavy atom. The zero-order valence-electron chi connectivity index (χ0n) is 19.6. The third-order valence-corrected chi connectivity index (χ3v) is 9.42. The van der Waals surface area contributed by atoms with Crippen LogP contribution in [0.2, 0.25) is 0 Å². The standard InChI is InChI=1S/C28H32N2O3/c1-26-11-10-19-14-21-24(31)25(32)22(30(2)3)15-27(21)12-13-28(19,33-27)23(26)9-8-20(26)18-6-4-17(16-29)5-7-18/h4-8,10,14,22-25,31-32H,9,11-13,15H2,1-3H3. The van der Waals surface area contributed by atoms with E-state index in [1.165, 1.54) is 16.7 Å². The molecular formula is C28H32N2O3. The van der Waals surface area contributed by atoms with Gasteiger partial charge in [0.05, 0.1) is 28.9 Å². The molecule has 3 aliphatic carbocycles. The molecule has 2 spiro atoms. The first-order chi connectivity index (χ1) is 15.7. The van der Waals surface area contributed by atoms with E-state index in [2.05, 4.69) is 43.4 Å². The number of nitriles is 1. The van der Waals surface area contributed by atoms with E-state index in [4.69, 9.17) is 4.74 Å². The molecule has 7 atom stereocenters. The normalized spacial score (nSPS) is 43.1. The van der Waals surface area contributed by atoms with E-state index in [0.717, 1.165) is 31.3 Å². The minimum atomic E-state index is -0.896. The van der Waals surface area contributed by atoms with Crippen molar-refractivity contribution in [2.24, 2.45) is 11.3 Å². The predicted molar refractivity (Wildman–Crippen MR) is 126 cm³/mol. The summed E-state index contributed by atoms with van der Waals surface area (Å²) in [6, 6.07) is 10.0. The molecule has 5 nitrogen and oxygen atoms in total. The van der Waals surface area contributed by atoms with Crippen LogP contribution in [-0.2, 0) is 4.74 Å². The molecule has 0 radical (unpaired) electrons. The minimum absolute atomic E-state index is 0.0394. The number of rotatable bonds is 2. The fraction of sp³-hybridized carbons (Fsp3) is 0.536. The molecule has 1 saturated heterocycles. The van der Waals surface area contributed by atoms with Gasteiger partial charge >= 0.3 is 0 Å². The molecule has 0 aromatic heterocycles. The van der Waals surface area contributed by atoms with Gasteiger partial charge in [-0.3, -0.25) is 0 Å². The van der Waals surface area contributed by atoms with E-state index >= 15 is 0 Å². The second kappa shape index (κ2) is 6.90. The lowest BCUT2D eigenvalue weighted by Gasteiger charge is -2.55. The van der Waals surface area contributed by atoms with Crippen LogP contribution in [0.5, 0.6) is 0 Å². The Morgan fingerprint density at radius 3 is 2.58 bits per heavy atom. The minimum Gasteiger partial charge on any atom is -0.388 e. The summed E-state index contributed by atoms with van der Waals surface area (Å²) in [7, 11) is 3.93. The number of likely N-dealkylation sites (N-methyl/N-ethyl adjacent to an activating group) is 1. The van der Waals surface area contributed by atoms with Gasteiger partial charge < -0.3 is 19.8 Å². The van der Waals surface area contributed by atoms with Crippen LogP contribution in [0.25, 0.3) is 5.57 Å². The number of ether oxygens (including phenoxy) is 1. The molecule has 2 fully saturated rings. The Balaban J connectivity index is 1.41. The van der Waals surface area contributed by atoms with Crippen LogP contribution in [0.4, 0.5) is 0 Å². The summed E-state index contributed by atoms with van der Waals surface area (Å²) < 4.78 is 7.17. The molecule has 2 bridgehead atoms. The lowest BCUT2D eigenvalue weighted by Crippen LogP contribution is -2.61. The quantitative estimate of drug-likeness (QED) is 0.729. The second-order valence-electron chi connectivity index (χ2n) is 11.1. The van der Waals surface area contributed by atoms with Gasteiger partial charge in [-0.1, -0.05) is 37.3 Å². The summed E-state index contributed by atoms with van der Waals surface area (Å²) in [5, 5.41) is 31.1. The number of benzene rings is 1. The second-order valence-corrected chi connectivity index (χ2v) is 11.1. The highest BCUT2D eigenvalue weighted by Gasteiger charge is 2.67. The van der Waals surface area contributed by atoms with Crippen molar-refractivity contribution < 1.29 is 14.9 Å². The van der Waals surface area contributed by atoms with Gasteiger partial charge in [0.1, 0.15) is 6.10 Å². The Labute approximate surface area is 195 Å². The lowest BCUT2D eigenvalue weighted by atomic mass is 9.58. The molecular weight excluding hydrogens is 412 g/mol. The van der Waals surface area contributed by atoms with Crippen molar-refractivity contribution in [1.29, 1.82) is 5.26 Å². The van der Waals surface area contributed by atoms with Crippen LogP contribution in [0.15, 0.2) is 53.6 Å². The molecule has 33 heavy (non-hydrogen) atoms. The molecule has 172 valence electrons. The first-order valence-electron chi connectivity index (χ1n) is 12.1. The summed E-state index contributed by atoms with van der Waals surface area (Å²) in [6.45, 7) is 2.37. The van der Waals surface area contributed by atoms with E-state index < -0.39 is 17.8 Å². The number of aliphatic hydroxyl groups is 2. The van der Waals surface area contributed by atoms with Gasteiger partial charge in [0.15, 0.2) is 0 Å². The molecule has 2 aliphatic heterocycles. The summed E-state index contributed by atoms with van der Waals surface area (Å²) in [4.78, 5) is 2.02. The molecule has 7 unspecified atom stereocenters. The highest BCUT2D eigenvalue weighted by atomic mass is 16.5. The van der Waals surface area contributed by atoms with Crippen molar-refractivity contribution in [1.82, 2.24) is 4.90 Å². The molecule has 0 amide bonds. The Morgan fingerprint density at radius 2 is 1.88 bits per heavy atom. The first-order valence-corrected chi connectivity index (χ1v) is 12.1. The summed E-state index contributed by atoms with van der Waals surface area (Å²) in [6.07, 6.45) is 9.58. The number of fused-ring (bicyclic) bond motifs is 1. The number of aliphatic hydroxyl groups excluding tert-OH is 2. The molecule has 1 saturated carbocycles. The third-order valence-electron chi connectivity index (χ3n) is 9.42. The lowest BCUT2D eigenvalue weighted by molar-refractivity contribution is -0.161. The molecule has 5 heteroatoms. The highest BCUT2D eigenvalue weighted by Crippen LogP contribution is 2.67. The zero-order chi connectivity index (χ0) is 23.2. The number of hydrogen-bond acceptors (Lipinski definition) is 5. The van der Waals surface area contributed by atoms with E-state index in [1.54, 1.807) is 0 Å². The SMILES string of the molecule is CN(C)C1CC23CCC4(O2)C(=CCC2(C)C(c5ccc(C#N)cc5)=CCC24)C=C3C(O)C1O. The average molecular weight is 445 g/mol. The van der Waals surface area contributed by atoms with Gasteiger partial charge in [-0.15, -0.1) is 0 Å². The first kappa shape index (κ1) is 21.3. The number of nitrogens with zero attached hydrogens (tertiary/aromatic N) is 2. The largest absolute Gasteiger partial charge is 0.388 e. The molecule has 1 aromatic rings. The maximum absolute atomic E-state index is 11.1. The fourth-order valence-corrected chi connectivity index (χ4v) is 7.67. The monoisotopic (exact) mass is 444 g/mol. The van der Waals surface area contributed by atoms with Crippen LogP contribution in [-0.4, -0.2) is 58.7 Å². The van der Waals surface area contributed by atoms with Crippen molar-refractivity contribution in [2.75, 3.05) is 14.1 Å². The summed E-state index contributed by atoms with van der Waals surface area (Å²) in [5.41, 5.74) is 4.40. The van der Waals surface area contributed by atoms with Crippen LogP contribution < -0.4 is 0 Å². The molecule has 1 aromatic carbocycles. The van der Waals surface area contributed by atoms with Crippen molar-refractivity contribution in [3.63, 3.8) is 0 Å². The van der Waals surface area contributed by atoms with E-state index in [-0.39, 0.29) is 17.1 Å². The van der Waals surface area contributed by atoms with Crippen molar-refractivity contribution in [3.8, 4) is 6.07 Å². The Hall–Kier alpha value is -2.23. The number of allylic oxidation sites excluding steroid dienone is 3. The maximum Gasteiger partial charge on any atom is 0.105 e. The van der Waals surface area contributed by atoms with Crippen molar-refractivity contribution >= 4 is 5.57 Å². The fourth-order valence-electron chi connectivity index (χ4n) is 7.67. The van der Waals surface area contributed by atoms with Crippen molar-refractivity contribution in [2.45, 2.75) is 68.5 Å². The molecule has 2 heterocycles. The topological polar surface area (TPSA) is 76.7 Å². The van der Waals surface area contributed by atoms with Gasteiger partial charge in [0, 0.05) is 17.4 Å². The smallest absolute Gasteiger partial charge is 0.105 e. The molecule has 2 N–H and O–H groups in total. The predicted octanol–water partition coefficient (Wildman–Crippen LogP) is 3.58. The van der Waals surface area contributed by atoms with E-state index in [0.29, 0.717) is 17.9 Å². The van der Waals surface area contributed by atoms with Crippen LogP contribution in [0.1, 0.15) is 50.2 Å². The van der Waals surface area contributed by atoms with Gasteiger partial charge in [0.2, 0.25) is 0 Å². The molecule has 5 aliphatic rings. The van der Waals surface area contributed by atoms with Crippen LogP contribution in [0, 0.1) is 22.7 Å². The van der Waals surface area contributed by atoms with E-state index in [1.807, 2.05) is 31.1 Å². The third kappa shape index (κ3) is 2.67. The Bertz CT molecular complexity index is 1140. The highest BCUT2D eigenvalue weighted by molar-refractivity contribution is 5.75. The Kier molecular flexibility index (Phi) is 4.45. The van der Waals surface area contributed by atoms with Gasteiger partial charge in [0.25, 0.3) is 0 Å². The van der Waals surface area contributed by atoms with Crippen molar-refractivity contribution in [3.05, 3.63) is 64.8 Å². The summed E-state index contributed by atoms with van der Waals surface area (Å²) in [5.74, 6) is 0.328. The van der Waals surface area contributed by atoms with Gasteiger partial charge in [-0.25, -0.2) is 0 Å². The van der Waals surface area contributed by atoms with Crippen LogP contribution >= 0.6 is 0 Å². The van der Waals surface area contributed by atoms with E-state index in [9.17, 15) is 15.5 Å². The zero-order valence-corrected chi connectivity index (χ0v) is 19.6. The van der Waals surface area contributed by atoms with Gasteiger partial charge in [-0.05, 0) is 80.6 Å². The van der Waals surface area contributed by atoms with Crippen LogP contribution in [0.3, 0.4) is 0 Å². The molecule has 6 rings (SSSR count). The number of hydrogen-bond donors (Lipinski definition) is 2. The maximum atomic E-state index is 11.1. The van der Waals surface area contributed by atoms with Gasteiger partial charge in [-0.2, -0.15) is 5.26 Å². The average Bonchev–Trinajstić information content (AvgIpc) is 3.32. The summed E-state index contributed by atoms with van der Waals surface area (Å²) >= 11 is 0.